The van der Waals surface area contributed by atoms with Gasteiger partial charge in [-0.1, -0.05) is 0 Å². The van der Waals surface area contributed by atoms with E-state index in [0.29, 0.717) is 5.70 Å². The highest BCUT2D eigenvalue weighted by molar-refractivity contribution is 14.1. The van der Waals surface area contributed by atoms with Crippen molar-refractivity contribution in [2.45, 2.75) is 0 Å². The number of thiophene rings is 1. The molecule has 0 saturated heterocycles. The van der Waals surface area contributed by atoms with E-state index in [2.05, 4.69) is 22.6 Å². The summed E-state index contributed by atoms with van der Waals surface area (Å²) in [4.78, 5) is 0. The first-order valence-electron chi connectivity index (χ1n) is 2.83. The number of nitrogens with zero attached hydrogens (tertiary/aromatic N) is 1. The lowest BCUT2D eigenvalue weighted by Crippen LogP contribution is -1.92. The number of hydrogen-bond donors (Lipinski definition) is 1. The lowest BCUT2D eigenvalue weighted by molar-refractivity contribution is 1.51. The SMILES string of the molecule is N#CC=C(N)c1csc(I)c1. The molecule has 4 heteroatoms. The molecule has 0 spiro atoms. The number of allylic oxidation sites excluding steroid dienone is 1. The summed E-state index contributed by atoms with van der Waals surface area (Å²) >= 11 is 3.83. The third-order valence-corrected chi connectivity index (χ3v) is 2.91. The van der Waals surface area contributed by atoms with E-state index in [4.69, 9.17) is 11.0 Å². The minimum atomic E-state index is 0.534. The molecule has 0 saturated carbocycles. The van der Waals surface area contributed by atoms with Crippen LogP contribution in [0.4, 0.5) is 0 Å². The van der Waals surface area contributed by atoms with E-state index in [1.165, 1.54) is 8.96 Å². The predicted octanol–water partition coefficient (Wildman–Crippen LogP) is 2.18. The average molecular weight is 276 g/mol. The molecule has 0 unspecified atom stereocenters. The zero-order chi connectivity index (χ0) is 8.27. The van der Waals surface area contributed by atoms with Gasteiger partial charge in [0.2, 0.25) is 0 Å². The van der Waals surface area contributed by atoms with Crippen LogP contribution in [-0.4, -0.2) is 0 Å². The van der Waals surface area contributed by atoms with Gasteiger partial charge in [0.05, 0.1) is 14.7 Å². The van der Waals surface area contributed by atoms with E-state index in [-0.39, 0.29) is 0 Å². The highest BCUT2D eigenvalue weighted by atomic mass is 127. The summed E-state index contributed by atoms with van der Waals surface area (Å²) in [7, 11) is 0. The lowest BCUT2D eigenvalue weighted by atomic mass is 10.2. The highest BCUT2D eigenvalue weighted by Crippen LogP contribution is 2.19. The van der Waals surface area contributed by atoms with Crippen molar-refractivity contribution in [1.29, 1.82) is 5.26 Å². The Balaban J connectivity index is 2.95. The second kappa shape index (κ2) is 3.74. The second-order valence-corrected chi connectivity index (χ2v) is 4.67. The molecule has 1 rings (SSSR count). The van der Waals surface area contributed by atoms with Crippen LogP contribution in [0.5, 0.6) is 0 Å². The normalized spacial score (nSPS) is 11.1. The third kappa shape index (κ3) is 2.20. The van der Waals surface area contributed by atoms with Gasteiger partial charge < -0.3 is 5.73 Å². The van der Waals surface area contributed by atoms with Crippen LogP contribution in [0.2, 0.25) is 0 Å². The van der Waals surface area contributed by atoms with Gasteiger partial charge in [-0.25, -0.2) is 0 Å². The van der Waals surface area contributed by atoms with Crippen molar-refractivity contribution in [3.05, 3.63) is 26.0 Å². The quantitative estimate of drug-likeness (QED) is 0.631. The fraction of sp³-hybridized carbons (Fsp3) is 0. The van der Waals surface area contributed by atoms with Crippen LogP contribution in [0.25, 0.3) is 5.70 Å². The predicted molar refractivity (Wildman–Crippen MR) is 54.8 cm³/mol. The Bertz CT molecular complexity index is 321. The Kier molecular flexibility index (Phi) is 2.91. The van der Waals surface area contributed by atoms with E-state index in [1.54, 1.807) is 11.3 Å². The zero-order valence-electron chi connectivity index (χ0n) is 5.54. The van der Waals surface area contributed by atoms with Gasteiger partial charge in [0, 0.05) is 17.0 Å². The first-order chi connectivity index (χ1) is 5.24. The van der Waals surface area contributed by atoms with Crippen LogP contribution in [0.3, 0.4) is 0 Å². The van der Waals surface area contributed by atoms with E-state index in [0.717, 1.165) is 5.56 Å². The van der Waals surface area contributed by atoms with Crippen LogP contribution >= 0.6 is 33.9 Å². The highest BCUT2D eigenvalue weighted by Gasteiger charge is 1.98. The van der Waals surface area contributed by atoms with Gasteiger partial charge in [0.25, 0.3) is 0 Å². The molecule has 1 aromatic rings. The summed E-state index contributed by atoms with van der Waals surface area (Å²) in [6.45, 7) is 0. The average Bonchev–Trinajstić information content (AvgIpc) is 2.36. The minimum Gasteiger partial charge on any atom is -0.398 e. The van der Waals surface area contributed by atoms with Crippen molar-refractivity contribution in [3.8, 4) is 6.07 Å². The maximum atomic E-state index is 8.30. The summed E-state index contributed by atoms with van der Waals surface area (Å²) in [5.41, 5.74) is 7.03. The van der Waals surface area contributed by atoms with Gasteiger partial charge in [0.15, 0.2) is 0 Å². The molecule has 2 N–H and O–H groups in total. The molecule has 56 valence electrons. The molecule has 0 aliphatic heterocycles. The van der Waals surface area contributed by atoms with E-state index in [9.17, 15) is 0 Å². The first kappa shape index (κ1) is 8.56. The van der Waals surface area contributed by atoms with Gasteiger partial charge in [0.1, 0.15) is 0 Å². The number of rotatable bonds is 1. The summed E-state index contributed by atoms with van der Waals surface area (Å²) in [5.74, 6) is 0. The van der Waals surface area contributed by atoms with Crippen molar-refractivity contribution in [2.24, 2.45) is 5.73 Å². The molecular formula is C7H5IN2S. The second-order valence-electron chi connectivity index (χ2n) is 1.87. The number of hydrogen-bond acceptors (Lipinski definition) is 3. The Hall–Kier alpha value is -0.540. The molecule has 0 fully saturated rings. The topological polar surface area (TPSA) is 49.8 Å². The fourth-order valence-electron chi connectivity index (χ4n) is 0.614. The van der Waals surface area contributed by atoms with Crippen molar-refractivity contribution < 1.29 is 0 Å². The van der Waals surface area contributed by atoms with Crippen LogP contribution in [0.15, 0.2) is 17.5 Å². The van der Waals surface area contributed by atoms with Gasteiger partial charge in [-0.15, -0.1) is 11.3 Å². The Morgan fingerprint density at radius 3 is 3.00 bits per heavy atom. The first-order valence-corrected chi connectivity index (χ1v) is 4.79. The van der Waals surface area contributed by atoms with E-state index < -0.39 is 0 Å². The van der Waals surface area contributed by atoms with Crippen molar-refractivity contribution in [1.82, 2.24) is 0 Å². The fourth-order valence-corrected chi connectivity index (χ4v) is 1.97. The molecule has 0 amide bonds. The van der Waals surface area contributed by atoms with Gasteiger partial charge >= 0.3 is 0 Å². The van der Waals surface area contributed by atoms with Gasteiger partial charge in [-0.05, 0) is 28.7 Å². The van der Waals surface area contributed by atoms with Crippen LogP contribution < -0.4 is 5.73 Å². The molecule has 1 heterocycles. The Morgan fingerprint density at radius 1 is 1.82 bits per heavy atom. The van der Waals surface area contributed by atoms with Gasteiger partial charge in [-0.3, -0.25) is 0 Å². The van der Waals surface area contributed by atoms with Crippen LogP contribution in [0, 0.1) is 14.2 Å². The third-order valence-electron chi connectivity index (χ3n) is 1.12. The van der Waals surface area contributed by atoms with E-state index in [1.807, 2.05) is 17.5 Å². The molecule has 0 aliphatic rings. The Morgan fingerprint density at radius 2 is 2.55 bits per heavy atom. The number of nitrogens with two attached hydrogens (primary N) is 1. The summed E-state index contributed by atoms with van der Waals surface area (Å²) < 4.78 is 1.17. The standard InChI is InChI=1S/C7H5IN2S/c8-7-3-5(4-11-7)6(10)1-2-9/h1,3-4H,10H2. The summed E-state index contributed by atoms with van der Waals surface area (Å²) in [6, 6.07) is 3.84. The van der Waals surface area contributed by atoms with Crippen molar-refractivity contribution >= 4 is 39.6 Å². The van der Waals surface area contributed by atoms with Gasteiger partial charge in [-0.2, -0.15) is 5.26 Å². The maximum absolute atomic E-state index is 8.30. The smallest absolute Gasteiger partial charge is 0.0933 e. The lowest BCUT2D eigenvalue weighted by Gasteiger charge is -1.90. The molecule has 0 radical (unpaired) electrons. The molecule has 0 bridgehead atoms. The molecular weight excluding hydrogens is 271 g/mol. The molecule has 11 heavy (non-hydrogen) atoms. The molecule has 0 aromatic carbocycles. The Labute approximate surface area is 82.5 Å². The summed E-state index contributed by atoms with van der Waals surface area (Å²) in [5, 5.41) is 10.2. The van der Waals surface area contributed by atoms with Crippen LogP contribution in [0.1, 0.15) is 5.56 Å². The molecule has 1 aromatic heterocycles. The summed E-state index contributed by atoms with van der Waals surface area (Å²) in [6.07, 6.45) is 1.35. The van der Waals surface area contributed by atoms with E-state index >= 15 is 0 Å². The maximum Gasteiger partial charge on any atom is 0.0933 e. The molecule has 0 aliphatic carbocycles. The van der Waals surface area contributed by atoms with Crippen molar-refractivity contribution in [2.75, 3.05) is 0 Å². The minimum absolute atomic E-state index is 0.534. The molecule has 2 nitrogen and oxygen atoms in total. The largest absolute Gasteiger partial charge is 0.398 e. The van der Waals surface area contributed by atoms with Crippen molar-refractivity contribution in [3.63, 3.8) is 0 Å². The van der Waals surface area contributed by atoms with Crippen LogP contribution in [-0.2, 0) is 0 Å². The zero-order valence-corrected chi connectivity index (χ0v) is 8.52. The monoisotopic (exact) mass is 276 g/mol. The number of nitriles is 1. The number of halogens is 1. The molecule has 0 atom stereocenters.